The molecule has 2 N–H and O–H groups in total. The van der Waals surface area contributed by atoms with Crippen LogP contribution in [-0.2, 0) is 6.42 Å². The minimum Gasteiger partial charge on any atom is -0.387 e. The molecule has 3 heteroatoms. The van der Waals surface area contributed by atoms with Gasteiger partial charge in [-0.2, -0.15) is 0 Å². The van der Waals surface area contributed by atoms with Gasteiger partial charge in [-0.15, -0.1) is 11.3 Å². The molecule has 1 rings (SSSR count). The molecular formula is C10H16N2S. The van der Waals surface area contributed by atoms with Crippen molar-refractivity contribution in [2.45, 2.75) is 26.2 Å². The fourth-order valence-electron chi connectivity index (χ4n) is 1.04. The summed E-state index contributed by atoms with van der Waals surface area (Å²) in [5.41, 5.74) is 5.73. The third kappa shape index (κ3) is 4.08. The molecule has 1 heterocycles. The molecule has 0 atom stereocenters. The minimum absolute atomic E-state index is 0.787. The van der Waals surface area contributed by atoms with E-state index >= 15 is 0 Å². The van der Waals surface area contributed by atoms with Gasteiger partial charge < -0.3 is 5.73 Å². The van der Waals surface area contributed by atoms with E-state index in [1.807, 2.05) is 0 Å². The maximum Gasteiger partial charge on any atom is 0.0940 e. The first-order chi connectivity index (χ1) is 6.33. The second-order valence-electron chi connectivity index (χ2n) is 2.95. The van der Waals surface area contributed by atoms with Crippen molar-refractivity contribution in [3.63, 3.8) is 0 Å². The van der Waals surface area contributed by atoms with E-state index in [0.29, 0.717) is 0 Å². The molecule has 0 aliphatic carbocycles. The Hall–Kier alpha value is -0.830. The molecule has 2 nitrogen and oxygen atoms in total. The van der Waals surface area contributed by atoms with Crippen molar-refractivity contribution in [1.29, 1.82) is 0 Å². The first kappa shape index (κ1) is 10.3. The van der Waals surface area contributed by atoms with Gasteiger partial charge in [0.25, 0.3) is 0 Å². The predicted molar refractivity (Wildman–Crippen MR) is 59.4 cm³/mol. The Kier molecular flexibility index (Phi) is 4.54. The van der Waals surface area contributed by atoms with Gasteiger partial charge in [0.2, 0.25) is 0 Å². The van der Waals surface area contributed by atoms with Gasteiger partial charge >= 0.3 is 0 Å². The lowest BCUT2D eigenvalue weighted by Gasteiger charge is -1.98. The van der Waals surface area contributed by atoms with Gasteiger partial charge in [0.05, 0.1) is 5.84 Å². The van der Waals surface area contributed by atoms with E-state index in [-0.39, 0.29) is 0 Å². The molecule has 0 aliphatic rings. The fraction of sp³-hybridized carbons (Fsp3) is 0.500. The van der Waals surface area contributed by atoms with Crippen molar-refractivity contribution in [1.82, 2.24) is 0 Å². The quantitative estimate of drug-likeness (QED) is 0.570. The normalized spacial score (nSPS) is 11.9. The third-order valence-corrected chi connectivity index (χ3v) is 2.68. The number of nitrogens with two attached hydrogens (primary N) is 1. The Labute approximate surface area is 83.5 Å². The Balaban J connectivity index is 2.26. The Morgan fingerprint density at radius 2 is 2.46 bits per heavy atom. The summed E-state index contributed by atoms with van der Waals surface area (Å²) in [5.74, 6) is 0.787. The van der Waals surface area contributed by atoms with Gasteiger partial charge in [0.15, 0.2) is 0 Å². The Bertz CT molecular complexity index is 252. The Morgan fingerprint density at radius 3 is 3.08 bits per heavy atom. The molecule has 0 unspecified atom stereocenters. The summed E-state index contributed by atoms with van der Waals surface area (Å²) in [7, 11) is 0. The van der Waals surface area contributed by atoms with Crippen LogP contribution in [0.3, 0.4) is 0 Å². The first-order valence-corrected chi connectivity index (χ1v) is 5.52. The second-order valence-corrected chi connectivity index (χ2v) is 3.98. The monoisotopic (exact) mass is 196 g/mol. The smallest absolute Gasteiger partial charge is 0.0940 e. The number of nitrogens with zero attached hydrogens (tertiary/aromatic N) is 1. The topological polar surface area (TPSA) is 38.4 Å². The molecule has 0 saturated carbocycles. The first-order valence-electron chi connectivity index (χ1n) is 4.64. The molecule has 0 amide bonds. The summed E-state index contributed by atoms with van der Waals surface area (Å²) in [4.78, 5) is 5.63. The van der Waals surface area contributed by atoms with Crippen molar-refractivity contribution in [2.24, 2.45) is 10.7 Å². The molecule has 0 fully saturated rings. The van der Waals surface area contributed by atoms with Crippen LogP contribution in [0.15, 0.2) is 22.5 Å². The van der Waals surface area contributed by atoms with E-state index in [1.54, 1.807) is 11.3 Å². The van der Waals surface area contributed by atoms with Crippen molar-refractivity contribution in [2.75, 3.05) is 6.54 Å². The van der Waals surface area contributed by atoms with Gasteiger partial charge in [-0.05, 0) is 24.3 Å². The van der Waals surface area contributed by atoms with Crippen molar-refractivity contribution in [3.8, 4) is 0 Å². The lowest BCUT2D eigenvalue weighted by molar-refractivity contribution is 0.914. The highest BCUT2D eigenvalue weighted by molar-refractivity contribution is 7.09. The minimum atomic E-state index is 0.787. The van der Waals surface area contributed by atoms with Crippen molar-refractivity contribution >= 4 is 17.2 Å². The molecule has 0 bridgehead atoms. The van der Waals surface area contributed by atoms with Gasteiger partial charge in [0, 0.05) is 17.8 Å². The molecule has 0 spiro atoms. The highest BCUT2D eigenvalue weighted by atomic mass is 32.1. The largest absolute Gasteiger partial charge is 0.387 e. The molecular weight excluding hydrogens is 180 g/mol. The fourth-order valence-corrected chi connectivity index (χ4v) is 1.75. The van der Waals surface area contributed by atoms with Gasteiger partial charge in [-0.25, -0.2) is 0 Å². The molecule has 1 aromatic heterocycles. The van der Waals surface area contributed by atoms with Crippen LogP contribution in [0.25, 0.3) is 0 Å². The van der Waals surface area contributed by atoms with Crippen LogP contribution in [-0.4, -0.2) is 12.4 Å². The van der Waals surface area contributed by atoms with Gasteiger partial charge in [-0.1, -0.05) is 13.0 Å². The zero-order valence-electron chi connectivity index (χ0n) is 7.99. The van der Waals surface area contributed by atoms with Crippen molar-refractivity contribution < 1.29 is 0 Å². The van der Waals surface area contributed by atoms with Crippen LogP contribution >= 0.6 is 11.3 Å². The lowest BCUT2D eigenvalue weighted by Crippen LogP contribution is -2.12. The summed E-state index contributed by atoms with van der Waals surface area (Å²) >= 11 is 1.78. The zero-order chi connectivity index (χ0) is 9.52. The van der Waals surface area contributed by atoms with Crippen LogP contribution in [0, 0.1) is 0 Å². The number of rotatable bonds is 5. The molecule has 0 aliphatic heterocycles. The molecule has 0 saturated heterocycles. The van der Waals surface area contributed by atoms with Crippen LogP contribution in [0.2, 0.25) is 0 Å². The number of amidine groups is 1. The zero-order valence-corrected chi connectivity index (χ0v) is 8.81. The lowest BCUT2D eigenvalue weighted by atomic mass is 10.2. The second kappa shape index (κ2) is 5.75. The number of aryl methyl sites for hydroxylation is 1. The van der Waals surface area contributed by atoms with Crippen LogP contribution in [0.4, 0.5) is 0 Å². The Morgan fingerprint density at radius 1 is 1.62 bits per heavy atom. The summed E-state index contributed by atoms with van der Waals surface area (Å²) in [6.07, 6.45) is 2.98. The predicted octanol–water partition coefficient (Wildman–Crippen LogP) is 2.45. The van der Waals surface area contributed by atoms with Gasteiger partial charge in [-0.3, -0.25) is 4.99 Å². The van der Waals surface area contributed by atoms with Crippen molar-refractivity contribution in [3.05, 3.63) is 22.4 Å². The summed E-state index contributed by atoms with van der Waals surface area (Å²) in [6.45, 7) is 2.96. The SMILES string of the molecule is CCCN=C(N)CCc1cccs1. The molecule has 13 heavy (non-hydrogen) atoms. The average molecular weight is 196 g/mol. The van der Waals surface area contributed by atoms with E-state index in [0.717, 1.165) is 31.6 Å². The van der Waals surface area contributed by atoms with Crippen LogP contribution in [0.1, 0.15) is 24.6 Å². The maximum atomic E-state index is 5.73. The maximum absolute atomic E-state index is 5.73. The molecule has 72 valence electrons. The number of hydrogen-bond acceptors (Lipinski definition) is 2. The van der Waals surface area contributed by atoms with Gasteiger partial charge in [0.1, 0.15) is 0 Å². The number of hydrogen-bond donors (Lipinski definition) is 1. The van der Waals surface area contributed by atoms with E-state index < -0.39 is 0 Å². The number of aliphatic imine (C=N–C) groups is 1. The van der Waals surface area contributed by atoms with Crippen LogP contribution < -0.4 is 5.73 Å². The van der Waals surface area contributed by atoms with E-state index in [4.69, 9.17) is 5.73 Å². The molecule has 0 aromatic carbocycles. The summed E-state index contributed by atoms with van der Waals surface area (Å²) in [5, 5.41) is 2.09. The number of thiophene rings is 1. The van der Waals surface area contributed by atoms with E-state index in [2.05, 4.69) is 29.4 Å². The average Bonchev–Trinajstić information content (AvgIpc) is 2.64. The van der Waals surface area contributed by atoms with E-state index in [1.165, 1.54) is 4.88 Å². The van der Waals surface area contributed by atoms with Crippen LogP contribution in [0.5, 0.6) is 0 Å². The third-order valence-electron chi connectivity index (χ3n) is 1.75. The van der Waals surface area contributed by atoms with E-state index in [9.17, 15) is 0 Å². The standard InChI is InChI=1S/C10H16N2S/c1-2-7-12-10(11)6-5-9-4-3-8-13-9/h3-4,8H,2,5-7H2,1H3,(H2,11,12). The molecule has 0 radical (unpaired) electrons. The highest BCUT2D eigenvalue weighted by Crippen LogP contribution is 2.10. The summed E-state index contributed by atoms with van der Waals surface area (Å²) in [6, 6.07) is 4.21. The molecule has 1 aromatic rings. The summed E-state index contributed by atoms with van der Waals surface area (Å²) < 4.78 is 0. The highest BCUT2D eigenvalue weighted by Gasteiger charge is 1.96.